The molecule has 2 N–H and O–H groups in total. The molecule has 2 aliphatic rings. The summed E-state index contributed by atoms with van der Waals surface area (Å²) in [5, 5.41) is 13.5. The van der Waals surface area contributed by atoms with Crippen molar-refractivity contribution in [1.82, 2.24) is 19.9 Å². The van der Waals surface area contributed by atoms with E-state index in [1.165, 1.54) is 30.8 Å². The van der Waals surface area contributed by atoms with Gasteiger partial charge in [-0.1, -0.05) is 11.6 Å². The van der Waals surface area contributed by atoms with E-state index in [0.29, 0.717) is 66.3 Å². The number of hydrogen-bond donors (Lipinski definition) is 2. The number of amides is 2. The van der Waals surface area contributed by atoms with Crippen LogP contribution in [0.15, 0.2) is 24.5 Å². The Morgan fingerprint density at radius 1 is 1.22 bits per heavy atom. The van der Waals surface area contributed by atoms with Gasteiger partial charge < -0.3 is 14.7 Å². The van der Waals surface area contributed by atoms with Crippen molar-refractivity contribution < 1.29 is 19.4 Å². The third-order valence-electron chi connectivity index (χ3n) is 6.61. The maximum absolute atomic E-state index is 13.3. The summed E-state index contributed by atoms with van der Waals surface area (Å²) in [7, 11) is 1.53. The van der Waals surface area contributed by atoms with E-state index in [1.54, 1.807) is 11.0 Å². The maximum atomic E-state index is 13.3. The van der Waals surface area contributed by atoms with Gasteiger partial charge in [0.05, 0.1) is 30.7 Å². The number of fused-ring (bicyclic) bond motifs is 1. The predicted molar refractivity (Wildman–Crippen MR) is 137 cm³/mol. The van der Waals surface area contributed by atoms with E-state index in [0.717, 1.165) is 16.3 Å². The molecule has 1 aliphatic carbocycles. The highest BCUT2D eigenvalue weighted by molar-refractivity contribution is 7.15. The molecular weight excluding hydrogens is 502 g/mol. The van der Waals surface area contributed by atoms with Crippen molar-refractivity contribution in [1.29, 1.82) is 0 Å². The van der Waals surface area contributed by atoms with Crippen molar-refractivity contribution in [3.05, 3.63) is 51.5 Å². The number of β-amino-alcohol motifs (C(OH)–C–C–N with tert-alkyl or cyclic N) is 1. The van der Waals surface area contributed by atoms with Crippen LogP contribution < -0.4 is 10.1 Å². The van der Waals surface area contributed by atoms with Gasteiger partial charge in [0, 0.05) is 46.9 Å². The molecule has 1 aliphatic heterocycles. The van der Waals surface area contributed by atoms with Crippen molar-refractivity contribution in [3.8, 4) is 16.9 Å². The minimum atomic E-state index is -0.428. The van der Waals surface area contributed by atoms with Gasteiger partial charge in [-0.2, -0.15) is 0 Å². The second-order valence-electron chi connectivity index (χ2n) is 9.09. The van der Waals surface area contributed by atoms with Crippen LogP contribution in [0.4, 0.5) is 5.13 Å². The summed E-state index contributed by atoms with van der Waals surface area (Å²) in [6.45, 7) is 2.86. The molecule has 5 rings (SSSR count). The molecule has 9 nitrogen and oxygen atoms in total. The quantitative estimate of drug-likeness (QED) is 0.487. The molecule has 0 unspecified atom stereocenters. The summed E-state index contributed by atoms with van der Waals surface area (Å²) in [5.74, 6) is 0.113. The fraction of sp³-hybridized carbons (Fsp3) is 0.400. The fourth-order valence-electron chi connectivity index (χ4n) is 4.76. The number of carbonyl (C=O) groups excluding carboxylic acids is 2. The smallest absolute Gasteiger partial charge is 0.259 e. The Labute approximate surface area is 217 Å². The average Bonchev–Trinajstić information content (AvgIpc) is 3.48. The van der Waals surface area contributed by atoms with Gasteiger partial charge in [-0.3, -0.25) is 19.9 Å². The SMILES string of the molecule is COc1cnc(Cl)cc1-c1cc(C)ncc1C(=O)Nc1nc2c(s1)C[C@H](C(=O)N1CC[C@@H](O)C1)CC2. The first kappa shape index (κ1) is 24.6. The lowest BCUT2D eigenvalue weighted by Gasteiger charge is -2.25. The Balaban J connectivity index is 1.36. The lowest BCUT2D eigenvalue weighted by atomic mass is 9.90. The summed E-state index contributed by atoms with van der Waals surface area (Å²) in [6.07, 6.45) is 5.24. The van der Waals surface area contributed by atoms with Gasteiger partial charge in [0.15, 0.2) is 5.13 Å². The number of aromatic nitrogens is 3. The molecule has 1 saturated heterocycles. The lowest BCUT2D eigenvalue weighted by Crippen LogP contribution is -2.37. The zero-order chi connectivity index (χ0) is 25.4. The zero-order valence-corrected chi connectivity index (χ0v) is 21.5. The van der Waals surface area contributed by atoms with E-state index in [-0.39, 0.29) is 22.9 Å². The number of pyridine rings is 2. The molecule has 3 aromatic rings. The topological polar surface area (TPSA) is 118 Å². The number of rotatable bonds is 5. The highest BCUT2D eigenvalue weighted by Gasteiger charge is 2.33. The van der Waals surface area contributed by atoms with Crippen LogP contribution in [0.2, 0.25) is 5.15 Å². The second-order valence-corrected chi connectivity index (χ2v) is 10.6. The van der Waals surface area contributed by atoms with Crippen LogP contribution in [0, 0.1) is 12.8 Å². The molecule has 3 aromatic heterocycles. The molecule has 0 spiro atoms. The number of halogens is 1. The van der Waals surface area contributed by atoms with Crippen LogP contribution in [0.5, 0.6) is 5.75 Å². The lowest BCUT2D eigenvalue weighted by molar-refractivity contribution is -0.135. The van der Waals surface area contributed by atoms with Gasteiger partial charge in [-0.05, 0) is 44.7 Å². The molecule has 0 bridgehead atoms. The van der Waals surface area contributed by atoms with E-state index in [4.69, 9.17) is 16.3 Å². The monoisotopic (exact) mass is 527 g/mol. The molecule has 1 fully saturated rings. The summed E-state index contributed by atoms with van der Waals surface area (Å²) in [5.41, 5.74) is 3.28. The second kappa shape index (κ2) is 10.1. The molecule has 11 heteroatoms. The number of nitrogens with one attached hydrogen (secondary N) is 1. The first-order chi connectivity index (χ1) is 17.3. The van der Waals surface area contributed by atoms with Gasteiger partial charge in [0.2, 0.25) is 5.91 Å². The average molecular weight is 528 g/mol. The number of methoxy groups -OCH3 is 1. The number of aryl methyl sites for hydroxylation is 2. The van der Waals surface area contributed by atoms with Crippen molar-refractivity contribution in [3.63, 3.8) is 0 Å². The largest absolute Gasteiger partial charge is 0.494 e. The molecule has 4 heterocycles. The van der Waals surface area contributed by atoms with Crippen molar-refractivity contribution in [2.45, 2.75) is 38.7 Å². The summed E-state index contributed by atoms with van der Waals surface area (Å²) >= 11 is 7.53. The van der Waals surface area contributed by atoms with Crippen LogP contribution in [0.3, 0.4) is 0 Å². The van der Waals surface area contributed by atoms with E-state index in [9.17, 15) is 14.7 Å². The number of hydrogen-bond acceptors (Lipinski definition) is 8. The number of anilines is 1. The van der Waals surface area contributed by atoms with Gasteiger partial charge >= 0.3 is 0 Å². The molecule has 188 valence electrons. The summed E-state index contributed by atoms with van der Waals surface area (Å²) < 4.78 is 5.45. The zero-order valence-electron chi connectivity index (χ0n) is 20.0. The first-order valence-corrected chi connectivity index (χ1v) is 12.9. The van der Waals surface area contributed by atoms with Gasteiger partial charge in [-0.25, -0.2) is 9.97 Å². The van der Waals surface area contributed by atoms with E-state index < -0.39 is 6.10 Å². The van der Waals surface area contributed by atoms with Crippen molar-refractivity contribution in [2.24, 2.45) is 5.92 Å². The minimum absolute atomic E-state index is 0.0940. The number of aliphatic hydroxyl groups excluding tert-OH is 1. The van der Waals surface area contributed by atoms with E-state index in [2.05, 4.69) is 20.3 Å². The van der Waals surface area contributed by atoms with Crippen LogP contribution in [-0.4, -0.2) is 63.1 Å². The van der Waals surface area contributed by atoms with Gasteiger partial charge in [0.25, 0.3) is 5.91 Å². The van der Waals surface area contributed by atoms with Crippen LogP contribution in [-0.2, 0) is 17.6 Å². The predicted octanol–water partition coefficient (Wildman–Crippen LogP) is 3.52. The Morgan fingerprint density at radius 2 is 2.06 bits per heavy atom. The Kier molecular flexibility index (Phi) is 6.92. The standard InChI is InChI=1S/C25H26ClN5O4S/c1-13-7-16(17-9-22(26)28-11-20(17)35-2)18(10-27-13)23(33)30-25-29-19-4-3-14(8-21(19)36-25)24(34)31-6-5-15(32)12-31/h7,9-11,14-15,32H,3-6,8,12H2,1-2H3,(H,29,30,33)/t14-,15-/m1/s1. The molecule has 36 heavy (non-hydrogen) atoms. The maximum Gasteiger partial charge on any atom is 0.259 e. The fourth-order valence-corrected chi connectivity index (χ4v) is 6.00. The number of nitrogens with zero attached hydrogens (tertiary/aromatic N) is 4. The van der Waals surface area contributed by atoms with E-state index >= 15 is 0 Å². The molecular formula is C25H26ClN5O4S. The number of carbonyl (C=O) groups is 2. The minimum Gasteiger partial charge on any atom is -0.494 e. The number of thiazole rings is 1. The Morgan fingerprint density at radius 3 is 2.81 bits per heavy atom. The third-order valence-corrected chi connectivity index (χ3v) is 7.86. The molecule has 0 aromatic carbocycles. The van der Waals surface area contributed by atoms with Crippen molar-refractivity contribution >= 4 is 39.9 Å². The van der Waals surface area contributed by atoms with Crippen LogP contribution in [0.25, 0.3) is 11.1 Å². The number of ether oxygens (including phenoxy) is 1. The molecule has 2 amide bonds. The van der Waals surface area contributed by atoms with E-state index in [1.807, 2.05) is 13.0 Å². The van der Waals surface area contributed by atoms with Gasteiger partial charge in [0.1, 0.15) is 10.9 Å². The molecule has 2 atom stereocenters. The van der Waals surface area contributed by atoms with Gasteiger partial charge in [-0.15, -0.1) is 11.3 Å². The normalized spacial score (nSPS) is 19.2. The Hall–Kier alpha value is -3.08. The third kappa shape index (κ3) is 4.93. The van der Waals surface area contributed by atoms with Crippen LogP contribution in [0.1, 0.15) is 39.5 Å². The van der Waals surface area contributed by atoms with Crippen LogP contribution >= 0.6 is 22.9 Å². The summed E-state index contributed by atoms with van der Waals surface area (Å²) in [4.78, 5) is 42.0. The number of aliphatic hydroxyl groups is 1. The number of likely N-dealkylation sites (tertiary alicyclic amines) is 1. The molecule has 0 saturated carbocycles. The van der Waals surface area contributed by atoms with Crippen molar-refractivity contribution in [2.75, 3.05) is 25.5 Å². The first-order valence-electron chi connectivity index (χ1n) is 11.8. The Bertz CT molecular complexity index is 1330. The summed E-state index contributed by atoms with van der Waals surface area (Å²) in [6, 6.07) is 3.46. The molecule has 0 radical (unpaired) electrons. The highest BCUT2D eigenvalue weighted by Crippen LogP contribution is 2.36. The highest BCUT2D eigenvalue weighted by atomic mass is 35.5.